The topological polar surface area (TPSA) is 58.6 Å². The van der Waals surface area contributed by atoms with Gasteiger partial charge in [-0.25, -0.2) is 0 Å². The summed E-state index contributed by atoms with van der Waals surface area (Å²) in [6.45, 7) is 0. The number of anilines is 1. The number of nitrogens with one attached hydrogen (secondary N) is 1. The molecule has 0 amide bonds. The molecule has 1 aliphatic carbocycles. The van der Waals surface area contributed by atoms with Crippen molar-refractivity contribution in [1.29, 1.82) is 0 Å². The summed E-state index contributed by atoms with van der Waals surface area (Å²) in [6.07, 6.45) is 1.27. The number of aromatic hydroxyl groups is 1. The van der Waals surface area contributed by atoms with Gasteiger partial charge in [0.25, 0.3) is 0 Å². The first kappa shape index (κ1) is 20.5. The molecule has 4 heteroatoms. The molecule has 0 unspecified atom stereocenters. The van der Waals surface area contributed by atoms with Gasteiger partial charge in [-0.05, 0) is 58.0 Å². The minimum atomic E-state index is -0.329. The van der Waals surface area contributed by atoms with E-state index in [1.165, 1.54) is 12.7 Å². The molecule has 0 spiro atoms. The maximum absolute atomic E-state index is 13.8. The number of phenolic OH excluding ortho intramolecular Hbond substituents is 1. The van der Waals surface area contributed by atoms with Crippen LogP contribution >= 0.6 is 0 Å². The van der Waals surface area contributed by atoms with E-state index in [0.29, 0.717) is 12.2 Å². The van der Waals surface area contributed by atoms with Crippen molar-refractivity contribution in [2.45, 2.75) is 24.8 Å². The van der Waals surface area contributed by atoms with E-state index in [1.54, 1.807) is 12.1 Å². The van der Waals surface area contributed by atoms with Crippen molar-refractivity contribution >= 4 is 27.8 Å². The van der Waals surface area contributed by atoms with Crippen molar-refractivity contribution in [2.24, 2.45) is 0 Å². The maximum atomic E-state index is 13.8. The largest absolute Gasteiger partial charge is 0.504 e. The summed E-state index contributed by atoms with van der Waals surface area (Å²) >= 11 is 0. The highest BCUT2D eigenvalue weighted by Crippen LogP contribution is 2.51. The number of ketones is 1. The zero-order chi connectivity index (χ0) is 23.2. The lowest BCUT2D eigenvalue weighted by Crippen LogP contribution is -2.29. The first-order valence-electron chi connectivity index (χ1n) is 11.6. The van der Waals surface area contributed by atoms with E-state index in [-0.39, 0.29) is 23.5 Å². The van der Waals surface area contributed by atoms with Crippen molar-refractivity contribution in [3.8, 4) is 11.5 Å². The van der Waals surface area contributed by atoms with Gasteiger partial charge in [0, 0.05) is 23.2 Å². The second kappa shape index (κ2) is 8.07. The van der Waals surface area contributed by atoms with Crippen LogP contribution in [-0.4, -0.2) is 18.0 Å². The molecule has 34 heavy (non-hydrogen) atoms. The van der Waals surface area contributed by atoms with E-state index in [4.69, 9.17) is 4.74 Å². The van der Waals surface area contributed by atoms with Gasteiger partial charge in [0.05, 0.1) is 13.2 Å². The van der Waals surface area contributed by atoms with Crippen LogP contribution in [0.15, 0.2) is 90.5 Å². The van der Waals surface area contributed by atoms with Crippen LogP contribution in [0.3, 0.4) is 0 Å². The van der Waals surface area contributed by atoms with Gasteiger partial charge in [-0.3, -0.25) is 4.79 Å². The van der Waals surface area contributed by atoms with Gasteiger partial charge in [-0.2, -0.15) is 0 Å². The van der Waals surface area contributed by atoms with Gasteiger partial charge < -0.3 is 15.2 Å². The number of phenols is 1. The summed E-state index contributed by atoms with van der Waals surface area (Å²) in [4.78, 5) is 13.8. The molecular weight excluding hydrogens is 422 g/mol. The fourth-order valence-corrected chi connectivity index (χ4v) is 5.54. The highest BCUT2D eigenvalue weighted by molar-refractivity contribution is 6.13. The van der Waals surface area contributed by atoms with Gasteiger partial charge in [0.15, 0.2) is 17.3 Å². The Morgan fingerprint density at radius 1 is 0.882 bits per heavy atom. The number of fused-ring (bicyclic) bond motifs is 4. The number of rotatable bonds is 3. The zero-order valence-corrected chi connectivity index (χ0v) is 18.9. The summed E-state index contributed by atoms with van der Waals surface area (Å²) in [7, 11) is 1.53. The van der Waals surface area contributed by atoms with Crippen LogP contribution in [0.4, 0.5) is 5.69 Å². The molecule has 2 aliphatic rings. The summed E-state index contributed by atoms with van der Waals surface area (Å²) in [6, 6.07) is 27.9. The van der Waals surface area contributed by atoms with Crippen LogP contribution in [0.2, 0.25) is 0 Å². The molecule has 4 nitrogen and oxygen atoms in total. The van der Waals surface area contributed by atoms with Gasteiger partial charge in [0.1, 0.15) is 0 Å². The highest BCUT2D eigenvalue weighted by atomic mass is 16.5. The molecule has 0 bridgehead atoms. The number of hydrogen-bond donors (Lipinski definition) is 2. The van der Waals surface area contributed by atoms with Crippen LogP contribution in [0.5, 0.6) is 11.5 Å². The van der Waals surface area contributed by atoms with Gasteiger partial charge in [-0.1, -0.05) is 66.7 Å². The quantitative estimate of drug-likeness (QED) is 0.370. The first-order chi connectivity index (χ1) is 16.6. The second-order valence-corrected chi connectivity index (χ2v) is 9.05. The molecule has 4 aromatic carbocycles. The monoisotopic (exact) mass is 447 g/mol. The van der Waals surface area contributed by atoms with Gasteiger partial charge >= 0.3 is 0 Å². The number of methoxy groups -OCH3 is 1. The standard InChI is InChI=1S/C30H25NO3/c1-34-27-14-12-20(16-25(27)32)30-29-23(15-21(17-26(29)33)18-7-3-2-4-8-18)28-22-10-6-5-9-19(22)11-13-24(28)31-30/h2-14,16,21,30-32H,15,17H2,1H3/t21-,30-/m0/s1. The Labute approximate surface area is 198 Å². The summed E-state index contributed by atoms with van der Waals surface area (Å²) in [5.41, 5.74) is 6.09. The molecule has 0 saturated heterocycles. The molecule has 2 N–H and O–H groups in total. The Kier molecular flexibility index (Phi) is 4.88. The van der Waals surface area contributed by atoms with E-state index in [0.717, 1.165) is 45.2 Å². The van der Waals surface area contributed by atoms with Crippen molar-refractivity contribution in [3.05, 3.63) is 107 Å². The van der Waals surface area contributed by atoms with Crippen LogP contribution in [0.25, 0.3) is 16.3 Å². The molecule has 0 fully saturated rings. The number of benzene rings is 4. The second-order valence-electron chi connectivity index (χ2n) is 9.05. The SMILES string of the molecule is COc1ccc([C@@H]2Nc3ccc4ccccc4c3C3=C2C(=O)C[C@@H](c2ccccc2)C3)cc1O. The smallest absolute Gasteiger partial charge is 0.162 e. The molecule has 0 aromatic heterocycles. The lowest BCUT2D eigenvalue weighted by Gasteiger charge is -2.37. The minimum Gasteiger partial charge on any atom is -0.504 e. The Hall–Kier alpha value is -4.05. The number of allylic oxidation sites excluding steroid dienone is 1. The lowest BCUT2D eigenvalue weighted by molar-refractivity contribution is -0.116. The zero-order valence-electron chi connectivity index (χ0n) is 18.9. The third-order valence-corrected chi connectivity index (χ3v) is 7.13. The molecule has 1 heterocycles. The van der Waals surface area contributed by atoms with Crippen molar-refractivity contribution in [2.75, 3.05) is 12.4 Å². The van der Waals surface area contributed by atoms with E-state index in [1.807, 2.05) is 30.3 Å². The van der Waals surface area contributed by atoms with Gasteiger partial charge in [-0.15, -0.1) is 0 Å². The fourth-order valence-electron chi connectivity index (χ4n) is 5.54. The minimum absolute atomic E-state index is 0.0682. The Morgan fingerprint density at radius 3 is 2.47 bits per heavy atom. The number of carbonyl (C=O) groups is 1. The van der Waals surface area contributed by atoms with Gasteiger partial charge in [0.2, 0.25) is 0 Å². The molecule has 0 saturated carbocycles. The number of Topliss-reactive ketones (excluding diaryl/α,β-unsaturated/α-hetero) is 1. The number of carbonyl (C=O) groups excluding carboxylic acids is 1. The summed E-state index contributed by atoms with van der Waals surface area (Å²) in [5.74, 6) is 0.779. The molecule has 168 valence electrons. The highest BCUT2D eigenvalue weighted by Gasteiger charge is 2.38. The van der Waals surface area contributed by atoms with Crippen molar-refractivity contribution in [1.82, 2.24) is 0 Å². The average Bonchev–Trinajstić information content (AvgIpc) is 2.88. The summed E-state index contributed by atoms with van der Waals surface area (Å²) < 4.78 is 5.23. The lowest BCUT2D eigenvalue weighted by atomic mass is 9.71. The predicted molar refractivity (Wildman–Crippen MR) is 135 cm³/mol. The third-order valence-electron chi connectivity index (χ3n) is 7.13. The van der Waals surface area contributed by atoms with E-state index < -0.39 is 0 Å². The molecule has 0 radical (unpaired) electrons. The Bertz CT molecular complexity index is 1450. The normalized spacial score (nSPS) is 19.4. The molecule has 6 rings (SSSR count). The summed E-state index contributed by atoms with van der Waals surface area (Å²) in [5, 5.41) is 16.4. The fraction of sp³-hybridized carbons (Fsp3) is 0.167. The maximum Gasteiger partial charge on any atom is 0.162 e. The molecule has 2 atom stereocenters. The molecule has 4 aromatic rings. The third kappa shape index (κ3) is 3.26. The molecule has 1 aliphatic heterocycles. The van der Waals surface area contributed by atoms with Crippen LogP contribution < -0.4 is 10.1 Å². The molecular formula is C30H25NO3. The predicted octanol–water partition coefficient (Wildman–Crippen LogP) is 6.62. The van der Waals surface area contributed by atoms with Crippen molar-refractivity contribution in [3.63, 3.8) is 0 Å². The number of hydrogen-bond acceptors (Lipinski definition) is 4. The Morgan fingerprint density at radius 2 is 1.68 bits per heavy atom. The van der Waals surface area contributed by atoms with Crippen LogP contribution in [-0.2, 0) is 4.79 Å². The van der Waals surface area contributed by atoms with E-state index in [9.17, 15) is 9.90 Å². The van der Waals surface area contributed by atoms with E-state index in [2.05, 4.69) is 47.8 Å². The Balaban J connectivity index is 1.56. The van der Waals surface area contributed by atoms with E-state index >= 15 is 0 Å². The van der Waals surface area contributed by atoms with Crippen LogP contribution in [0, 0.1) is 0 Å². The number of ether oxygens (including phenoxy) is 1. The van der Waals surface area contributed by atoms with Crippen LogP contribution in [0.1, 0.15) is 41.5 Å². The first-order valence-corrected chi connectivity index (χ1v) is 11.6. The van der Waals surface area contributed by atoms with Crippen molar-refractivity contribution < 1.29 is 14.6 Å². The average molecular weight is 448 g/mol.